The molecule has 78 valence electrons. The third kappa shape index (κ3) is 1.52. The van der Waals surface area contributed by atoms with Crippen molar-refractivity contribution in [3.63, 3.8) is 0 Å². The van der Waals surface area contributed by atoms with Gasteiger partial charge in [0.1, 0.15) is 0 Å². The van der Waals surface area contributed by atoms with E-state index in [1.165, 1.54) is 0 Å². The lowest BCUT2D eigenvalue weighted by Crippen LogP contribution is -2.30. The van der Waals surface area contributed by atoms with Gasteiger partial charge in [0.15, 0.2) is 0 Å². The van der Waals surface area contributed by atoms with Crippen LogP contribution in [0.2, 0.25) is 0 Å². The van der Waals surface area contributed by atoms with Crippen molar-refractivity contribution in [3.8, 4) is 0 Å². The molecule has 0 atom stereocenters. The number of anilines is 2. The van der Waals surface area contributed by atoms with Crippen molar-refractivity contribution in [2.24, 2.45) is 0 Å². The van der Waals surface area contributed by atoms with Crippen LogP contribution in [0.15, 0.2) is 18.2 Å². The van der Waals surface area contributed by atoms with E-state index in [9.17, 15) is 9.59 Å². The summed E-state index contributed by atoms with van der Waals surface area (Å²) in [5.74, 6) is -0.261. The molecule has 0 radical (unpaired) electrons. The number of rotatable bonds is 1. The first kappa shape index (κ1) is 9.51. The predicted octanol–water partition coefficient (Wildman–Crippen LogP) is 0.633. The fraction of sp³-hybridized carbons (Fsp3) is 0.200. The number of hydrogen-bond donors (Lipinski definition) is 2. The second-order valence-corrected chi connectivity index (χ2v) is 3.43. The highest BCUT2D eigenvalue weighted by Gasteiger charge is 2.29. The molecule has 0 aliphatic carbocycles. The highest BCUT2D eigenvalue weighted by Crippen LogP contribution is 2.22. The van der Waals surface area contributed by atoms with Crippen molar-refractivity contribution in [1.29, 1.82) is 0 Å². The Morgan fingerprint density at radius 1 is 1.40 bits per heavy atom. The molecule has 1 saturated heterocycles. The third-order valence-corrected chi connectivity index (χ3v) is 2.36. The Labute approximate surface area is 86.9 Å². The van der Waals surface area contributed by atoms with Crippen LogP contribution in [-0.2, 0) is 4.79 Å². The summed E-state index contributed by atoms with van der Waals surface area (Å²) in [6.45, 7) is 1.91. The molecule has 1 aromatic rings. The Hall–Kier alpha value is -2.04. The minimum absolute atomic E-state index is 0.0482. The molecule has 1 fully saturated rings. The van der Waals surface area contributed by atoms with Crippen molar-refractivity contribution in [1.82, 2.24) is 5.32 Å². The molecule has 0 saturated carbocycles. The number of benzene rings is 1. The lowest BCUT2D eigenvalue weighted by Gasteiger charge is -2.13. The standard InChI is InChI=1S/C10H11N3O2/c1-6-2-3-7(4-8(6)11)13-9(14)5-12-10(13)15/h2-4H,5,11H2,1H3,(H,12,15). The second-order valence-electron chi connectivity index (χ2n) is 3.43. The molecule has 1 aliphatic rings. The molecule has 0 unspecified atom stereocenters. The Kier molecular flexibility index (Phi) is 2.07. The quantitative estimate of drug-likeness (QED) is 0.521. The van der Waals surface area contributed by atoms with Gasteiger partial charge in [0.05, 0.1) is 12.2 Å². The largest absolute Gasteiger partial charge is 0.398 e. The van der Waals surface area contributed by atoms with E-state index in [1.54, 1.807) is 18.2 Å². The van der Waals surface area contributed by atoms with Gasteiger partial charge in [-0.05, 0) is 24.6 Å². The Morgan fingerprint density at radius 2 is 2.13 bits per heavy atom. The van der Waals surface area contributed by atoms with Crippen LogP contribution in [0.3, 0.4) is 0 Å². The van der Waals surface area contributed by atoms with Gasteiger partial charge in [0, 0.05) is 5.69 Å². The molecule has 0 bridgehead atoms. The summed E-state index contributed by atoms with van der Waals surface area (Å²) < 4.78 is 0. The number of imide groups is 1. The van der Waals surface area contributed by atoms with E-state index in [0.29, 0.717) is 11.4 Å². The molecular formula is C10H11N3O2. The third-order valence-electron chi connectivity index (χ3n) is 2.36. The van der Waals surface area contributed by atoms with E-state index in [0.717, 1.165) is 10.5 Å². The highest BCUT2D eigenvalue weighted by atomic mass is 16.2. The Balaban J connectivity index is 2.41. The van der Waals surface area contributed by atoms with Crippen molar-refractivity contribution in [2.45, 2.75) is 6.92 Å². The fourth-order valence-corrected chi connectivity index (χ4v) is 1.45. The first-order valence-corrected chi connectivity index (χ1v) is 4.56. The van der Waals surface area contributed by atoms with E-state index in [1.807, 2.05) is 6.92 Å². The van der Waals surface area contributed by atoms with Crippen LogP contribution in [0.25, 0.3) is 0 Å². The van der Waals surface area contributed by atoms with Crippen LogP contribution >= 0.6 is 0 Å². The number of nitrogens with two attached hydrogens (primary N) is 1. The van der Waals surface area contributed by atoms with E-state index >= 15 is 0 Å². The van der Waals surface area contributed by atoms with Crippen molar-refractivity contribution in [2.75, 3.05) is 17.2 Å². The number of nitrogens with zero attached hydrogens (tertiary/aromatic N) is 1. The van der Waals surface area contributed by atoms with Gasteiger partial charge in [-0.1, -0.05) is 6.07 Å². The molecule has 1 aliphatic heterocycles. The van der Waals surface area contributed by atoms with Gasteiger partial charge >= 0.3 is 6.03 Å². The molecule has 2 rings (SSSR count). The molecule has 15 heavy (non-hydrogen) atoms. The lowest BCUT2D eigenvalue weighted by atomic mass is 10.2. The summed E-state index contributed by atoms with van der Waals surface area (Å²) in [4.78, 5) is 23.8. The Bertz CT molecular complexity index is 426. The molecule has 0 aromatic heterocycles. The number of urea groups is 1. The van der Waals surface area contributed by atoms with Gasteiger partial charge in [-0.25, -0.2) is 9.69 Å². The summed E-state index contributed by atoms with van der Waals surface area (Å²) in [6.07, 6.45) is 0. The maximum atomic E-state index is 11.4. The first-order chi connectivity index (χ1) is 7.09. The summed E-state index contributed by atoms with van der Waals surface area (Å²) in [5, 5.41) is 2.45. The molecule has 3 N–H and O–H groups in total. The topological polar surface area (TPSA) is 75.4 Å². The van der Waals surface area contributed by atoms with Crippen molar-refractivity contribution >= 4 is 23.3 Å². The number of amides is 3. The van der Waals surface area contributed by atoms with Crippen LogP contribution in [0.4, 0.5) is 16.2 Å². The molecule has 3 amide bonds. The highest BCUT2D eigenvalue weighted by molar-refractivity contribution is 6.19. The van der Waals surface area contributed by atoms with Crippen LogP contribution in [0.5, 0.6) is 0 Å². The lowest BCUT2D eigenvalue weighted by molar-refractivity contribution is -0.115. The molecule has 0 spiro atoms. The summed E-state index contributed by atoms with van der Waals surface area (Å²) in [6, 6.07) is 4.71. The van der Waals surface area contributed by atoms with Gasteiger partial charge in [-0.2, -0.15) is 0 Å². The van der Waals surface area contributed by atoms with Crippen molar-refractivity contribution in [3.05, 3.63) is 23.8 Å². The number of carbonyl (C=O) groups is 2. The zero-order valence-corrected chi connectivity index (χ0v) is 8.28. The smallest absolute Gasteiger partial charge is 0.329 e. The van der Waals surface area contributed by atoms with Crippen LogP contribution in [0.1, 0.15) is 5.56 Å². The van der Waals surface area contributed by atoms with E-state index < -0.39 is 6.03 Å². The number of carbonyl (C=O) groups excluding carboxylic acids is 2. The molecule has 1 aromatic carbocycles. The van der Waals surface area contributed by atoms with Gasteiger partial charge < -0.3 is 11.1 Å². The van der Waals surface area contributed by atoms with Gasteiger partial charge in [0.2, 0.25) is 0 Å². The van der Waals surface area contributed by atoms with Gasteiger partial charge in [0.25, 0.3) is 5.91 Å². The van der Waals surface area contributed by atoms with Gasteiger partial charge in [-0.3, -0.25) is 4.79 Å². The second kappa shape index (κ2) is 3.27. The molecule has 5 nitrogen and oxygen atoms in total. The molecule has 1 heterocycles. The minimum Gasteiger partial charge on any atom is -0.398 e. The van der Waals surface area contributed by atoms with E-state index in [2.05, 4.69) is 5.32 Å². The average Bonchev–Trinajstić information content (AvgIpc) is 2.52. The van der Waals surface area contributed by atoms with E-state index in [-0.39, 0.29) is 12.5 Å². The molecular weight excluding hydrogens is 194 g/mol. The van der Waals surface area contributed by atoms with E-state index in [4.69, 9.17) is 5.73 Å². The van der Waals surface area contributed by atoms with Crippen molar-refractivity contribution < 1.29 is 9.59 Å². The fourth-order valence-electron chi connectivity index (χ4n) is 1.45. The monoisotopic (exact) mass is 205 g/mol. The summed E-state index contributed by atoms with van der Waals surface area (Å²) >= 11 is 0. The van der Waals surface area contributed by atoms with Gasteiger partial charge in [-0.15, -0.1) is 0 Å². The number of aryl methyl sites for hydroxylation is 1. The Morgan fingerprint density at radius 3 is 2.67 bits per heavy atom. The number of nitrogen functional groups attached to an aromatic ring is 1. The summed E-state index contributed by atoms with van der Waals surface area (Å²) in [7, 11) is 0. The predicted molar refractivity (Wildman–Crippen MR) is 56.5 cm³/mol. The average molecular weight is 205 g/mol. The molecule has 5 heteroatoms. The summed E-state index contributed by atoms with van der Waals surface area (Å²) in [5.41, 5.74) is 7.71. The van der Waals surface area contributed by atoms with Crippen LogP contribution < -0.4 is 16.0 Å². The normalized spacial score (nSPS) is 15.7. The first-order valence-electron chi connectivity index (χ1n) is 4.56. The van der Waals surface area contributed by atoms with Crippen LogP contribution in [0, 0.1) is 6.92 Å². The zero-order chi connectivity index (χ0) is 11.0. The SMILES string of the molecule is Cc1ccc(N2C(=O)CNC2=O)cc1N. The van der Waals surface area contributed by atoms with Crippen LogP contribution in [-0.4, -0.2) is 18.5 Å². The number of nitrogens with one attached hydrogen (secondary N) is 1. The number of hydrogen-bond acceptors (Lipinski definition) is 3. The minimum atomic E-state index is -0.400. The maximum absolute atomic E-state index is 11.4. The zero-order valence-electron chi connectivity index (χ0n) is 8.28. The maximum Gasteiger partial charge on any atom is 0.329 e.